The molecule has 0 aromatic heterocycles. The Morgan fingerprint density at radius 2 is 2.20 bits per heavy atom. The van der Waals surface area contributed by atoms with E-state index in [1.165, 1.54) is 0 Å². The number of aliphatic hydroxyl groups is 1. The van der Waals surface area contributed by atoms with Gasteiger partial charge in [-0.15, -0.1) is 0 Å². The van der Waals surface area contributed by atoms with Gasteiger partial charge in [0.2, 0.25) is 5.91 Å². The van der Waals surface area contributed by atoms with Crippen LogP contribution in [0.4, 0.5) is 0 Å². The van der Waals surface area contributed by atoms with Gasteiger partial charge in [0.15, 0.2) is 0 Å². The molecule has 3 atom stereocenters. The van der Waals surface area contributed by atoms with Gasteiger partial charge in [-0.1, -0.05) is 19.8 Å². The summed E-state index contributed by atoms with van der Waals surface area (Å²) in [5.74, 6) is -0.0394. The number of nitrogens with two attached hydrogens (primary N) is 1. The molecule has 1 aliphatic rings. The summed E-state index contributed by atoms with van der Waals surface area (Å²) in [6, 6.07) is -0.124. The molecule has 4 N–H and O–H groups in total. The smallest absolute Gasteiger partial charge is 0.224 e. The number of aliphatic hydroxyl groups excluding tert-OH is 1. The Bertz CT molecular complexity index is 205. The molecule has 4 nitrogen and oxygen atoms in total. The minimum Gasteiger partial charge on any atom is -0.394 e. The summed E-state index contributed by atoms with van der Waals surface area (Å²) in [4.78, 5) is 11.8. The zero-order chi connectivity index (χ0) is 11.3. The van der Waals surface area contributed by atoms with E-state index >= 15 is 0 Å². The first-order chi connectivity index (χ1) is 7.19. The molecule has 1 rings (SSSR count). The quantitative estimate of drug-likeness (QED) is 0.633. The van der Waals surface area contributed by atoms with E-state index in [4.69, 9.17) is 10.8 Å². The maximum absolute atomic E-state index is 11.8. The second-order valence-electron chi connectivity index (χ2n) is 4.35. The normalized spacial score (nSPS) is 28.5. The lowest BCUT2D eigenvalue weighted by Crippen LogP contribution is -2.47. The molecule has 0 saturated heterocycles. The summed E-state index contributed by atoms with van der Waals surface area (Å²) in [6.45, 7) is 1.95. The van der Waals surface area contributed by atoms with Gasteiger partial charge in [-0.2, -0.15) is 0 Å². The molecule has 0 aliphatic heterocycles. The second kappa shape index (κ2) is 6.08. The summed E-state index contributed by atoms with van der Waals surface area (Å²) >= 11 is 0. The summed E-state index contributed by atoms with van der Waals surface area (Å²) in [6.07, 6.45) is 4.79. The van der Waals surface area contributed by atoms with Crippen molar-refractivity contribution < 1.29 is 9.90 Å². The zero-order valence-electron chi connectivity index (χ0n) is 9.41. The summed E-state index contributed by atoms with van der Waals surface area (Å²) < 4.78 is 0. The van der Waals surface area contributed by atoms with Gasteiger partial charge < -0.3 is 16.2 Å². The molecule has 1 aliphatic carbocycles. The van der Waals surface area contributed by atoms with E-state index in [1.807, 2.05) is 6.92 Å². The van der Waals surface area contributed by atoms with E-state index in [2.05, 4.69) is 5.32 Å². The fourth-order valence-corrected chi connectivity index (χ4v) is 2.07. The fourth-order valence-electron chi connectivity index (χ4n) is 2.07. The van der Waals surface area contributed by atoms with Gasteiger partial charge >= 0.3 is 0 Å². The lowest BCUT2D eigenvalue weighted by Gasteiger charge is -2.28. The number of rotatable bonds is 4. The number of carbonyl (C=O) groups excluding carboxylic acids is 1. The van der Waals surface area contributed by atoms with Crippen LogP contribution in [0.3, 0.4) is 0 Å². The van der Waals surface area contributed by atoms with E-state index < -0.39 is 0 Å². The first kappa shape index (κ1) is 12.5. The molecule has 1 amide bonds. The molecular weight excluding hydrogens is 192 g/mol. The minimum atomic E-state index is -0.119. The van der Waals surface area contributed by atoms with Crippen LogP contribution in [-0.2, 0) is 4.79 Å². The van der Waals surface area contributed by atoms with Crippen molar-refractivity contribution in [1.29, 1.82) is 0 Å². The van der Waals surface area contributed by atoms with Crippen molar-refractivity contribution in [2.24, 2.45) is 11.7 Å². The van der Waals surface area contributed by atoms with Crippen molar-refractivity contribution in [2.75, 3.05) is 6.61 Å². The Morgan fingerprint density at radius 3 is 2.73 bits per heavy atom. The van der Waals surface area contributed by atoms with Gasteiger partial charge in [0.1, 0.15) is 0 Å². The van der Waals surface area contributed by atoms with Gasteiger partial charge in [0.05, 0.1) is 18.6 Å². The van der Waals surface area contributed by atoms with E-state index in [0.717, 1.165) is 32.1 Å². The first-order valence-corrected chi connectivity index (χ1v) is 5.85. The van der Waals surface area contributed by atoms with Crippen molar-refractivity contribution in [3.63, 3.8) is 0 Å². The van der Waals surface area contributed by atoms with Crippen LogP contribution in [0, 0.1) is 5.92 Å². The summed E-state index contributed by atoms with van der Waals surface area (Å²) in [5.41, 5.74) is 5.92. The Balaban J connectivity index is 2.44. The predicted molar refractivity (Wildman–Crippen MR) is 59.2 cm³/mol. The molecular formula is C11H22N2O2. The molecule has 0 spiro atoms. The maximum atomic E-state index is 11.8. The molecule has 15 heavy (non-hydrogen) atoms. The highest BCUT2D eigenvalue weighted by molar-refractivity contribution is 5.79. The summed E-state index contributed by atoms with van der Waals surface area (Å²) in [7, 11) is 0. The highest BCUT2D eigenvalue weighted by Gasteiger charge is 2.28. The highest BCUT2D eigenvalue weighted by Crippen LogP contribution is 2.23. The van der Waals surface area contributed by atoms with Crippen LogP contribution in [0.1, 0.15) is 39.0 Å². The van der Waals surface area contributed by atoms with Crippen molar-refractivity contribution in [3.8, 4) is 0 Å². The van der Waals surface area contributed by atoms with Crippen LogP contribution in [0.2, 0.25) is 0 Å². The molecule has 0 bridgehead atoms. The van der Waals surface area contributed by atoms with Gasteiger partial charge in [-0.3, -0.25) is 4.79 Å². The van der Waals surface area contributed by atoms with Crippen molar-refractivity contribution in [2.45, 2.75) is 51.1 Å². The summed E-state index contributed by atoms with van der Waals surface area (Å²) in [5, 5.41) is 11.8. The van der Waals surface area contributed by atoms with E-state index in [-0.39, 0.29) is 30.5 Å². The molecule has 0 aromatic rings. The van der Waals surface area contributed by atoms with Crippen LogP contribution in [-0.4, -0.2) is 29.7 Å². The van der Waals surface area contributed by atoms with E-state index in [0.29, 0.717) is 0 Å². The maximum Gasteiger partial charge on any atom is 0.224 e. The molecule has 1 fully saturated rings. The molecule has 88 valence electrons. The Kier molecular flexibility index (Phi) is 5.05. The molecule has 0 radical (unpaired) electrons. The topological polar surface area (TPSA) is 75.3 Å². The SMILES string of the molecule is CC[C@H](CO)NC(=O)C1CCCCC1N. The third-order valence-corrected chi connectivity index (χ3v) is 3.22. The van der Waals surface area contributed by atoms with Gasteiger partial charge in [-0.25, -0.2) is 0 Å². The standard InChI is InChI=1S/C11H22N2O2/c1-2-8(7-14)13-11(15)9-5-3-4-6-10(9)12/h8-10,14H,2-7,12H2,1H3,(H,13,15)/t8-,9?,10?/m1/s1. The second-order valence-corrected chi connectivity index (χ2v) is 4.35. The number of hydrogen-bond donors (Lipinski definition) is 3. The molecule has 1 saturated carbocycles. The van der Waals surface area contributed by atoms with Gasteiger partial charge in [0.25, 0.3) is 0 Å². The van der Waals surface area contributed by atoms with Crippen molar-refractivity contribution in [1.82, 2.24) is 5.32 Å². The molecule has 4 heteroatoms. The Morgan fingerprint density at radius 1 is 1.53 bits per heavy atom. The van der Waals surface area contributed by atoms with Crippen LogP contribution in [0.15, 0.2) is 0 Å². The number of carbonyl (C=O) groups is 1. The predicted octanol–water partition coefficient (Wildman–Crippen LogP) is 0.391. The zero-order valence-corrected chi connectivity index (χ0v) is 9.41. The fraction of sp³-hybridized carbons (Fsp3) is 0.909. The lowest BCUT2D eigenvalue weighted by atomic mass is 9.84. The highest BCUT2D eigenvalue weighted by atomic mass is 16.3. The molecule has 2 unspecified atom stereocenters. The average Bonchev–Trinajstić information content (AvgIpc) is 2.26. The van der Waals surface area contributed by atoms with Crippen molar-refractivity contribution in [3.05, 3.63) is 0 Å². The van der Waals surface area contributed by atoms with Crippen molar-refractivity contribution >= 4 is 5.91 Å². The van der Waals surface area contributed by atoms with Crippen LogP contribution < -0.4 is 11.1 Å². The molecule has 0 aromatic carbocycles. The monoisotopic (exact) mass is 214 g/mol. The number of nitrogens with one attached hydrogen (secondary N) is 1. The number of hydrogen-bond acceptors (Lipinski definition) is 3. The average molecular weight is 214 g/mol. The van der Waals surface area contributed by atoms with Crippen LogP contribution >= 0.6 is 0 Å². The van der Waals surface area contributed by atoms with Crippen LogP contribution in [0.25, 0.3) is 0 Å². The Hall–Kier alpha value is -0.610. The van der Waals surface area contributed by atoms with Gasteiger partial charge in [-0.05, 0) is 19.3 Å². The largest absolute Gasteiger partial charge is 0.394 e. The van der Waals surface area contributed by atoms with Crippen LogP contribution in [0.5, 0.6) is 0 Å². The first-order valence-electron chi connectivity index (χ1n) is 5.85. The third-order valence-electron chi connectivity index (χ3n) is 3.22. The lowest BCUT2D eigenvalue weighted by molar-refractivity contribution is -0.127. The number of amides is 1. The van der Waals surface area contributed by atoms with E-state index in [1.54, 1.807) is 0 Å². The van der Waals surface area contributed by atoms with Gasteiger partial charge in [0, 0.05) is 6.04 Å². The third kappa shape index (κ3) is 3.47. The minimum absolute atomic E-state index is 0.00416. The van der Waals surface area contributed by atoms with E-state index in [9.17, 15) is 4.79 Å². The molecule has 0 heterocycles. The Labute approximate surface area is 91.2 Å².